The van der Waals surface area contributed by atoms with Crippen molar-refractivity contribution in [3.05, 3.63) is 29.8 Å². The van der Waals surface area contributed by atoms with Crippen molar-refractivity contribution in [2.24, 2.45) is 11.3 Å². The van der Waals surface area contributed by atoms with Gasteiger partial charge in [-0.15, -0.1) is 0 Å². The molecule has 3 heteroatoms. The van der Waals surface area contributed by atoms with Crippen LogP contribution in [0.1, 0.15) is 31.7 Å². The van der Waals surface area contributed by atoms with Gasteiger partial charge in [0, 0.05) is 18.6 Å². The number of hydrogen-bond acceptors (Lipinski definition) is 3. The molecule has 20 heavy (non-hydrogen) atoms. The summed E-state index contributed by atoms with van der Waals surface area (Å²) in [6.45, 7) is 5.10. The third kappa shape index (κ3) is 2.84. The van der Waals surface area contributed by atoms with Crippen molar-refractivity contribution in [1.82, 2.24) is 5.32 Å². The lowest BCUT2D eigenvalue weighted by atomic mass is 9.74. The molecule has 1 aliphatic carbocycles. The van der Waals surface area contributed by atoms with Crippen molar-refractivity contribution in [3.63, 3.8) is 0 Å². The fraction of sp³-hybridized carbons (Fsp3) is 0.647. The first kappa shape index (κ1) is 13.9. The summed E-state index contributed by atoms with van der Waals surface area (Å²) < 4.78 is 6.10. The Morgan fingerprint density at radius 2 is 2.05 bits per heavy atom. The highest BCUT2D eigenvalue weighted by atomic mass is 16.5. The van der Waals surface area contributed by atoms with Crippen molar-refractivity contribution in [1.29, 1.82) is 0 Å². The predicted octanol–water partition coefficient (Wildman–Crippen LogP) is 2.73. The van der Waals surface area contributed by atoms with Gasteiger partial charge in [0.25, 0.3) is 0 Å². The van der Waals surface area contributed by atoms with Crippen LogP contribution in [0, 0.1) is 11.3 Å². The standard InChI is InChI=1S/C17H25NO2/c1-2-18-12-17(9-10-20-16(17)14-5-6-14)11-13-3-7-15(19)8-4-13/h3-4,7-8,14,16,18-19H,2,5-6,9-12H2,1H3. The SMILES string of the molecule is CCNCC1(Cc2ccc(O)cc2)CCOC1C1CC1. The fourth-order valence-electron chi connectivity index (χ4n) is 3.58. The lowest BCUT2D eigenvalue weighted by molar-refractivity contribution is 0.0308. The number of hydrogen-bond donors (Lipinski definition) is 2. The summed E-state index contributed by atoms with van der Waals surface area (Å²) in [5.41, 5.74) is 1.53. The van der Waals surface area contributed by atoms with Crippen molar-refractivity contribution in [2.45, 2.75) is 38.7 Å². The van der Waals surface area contributed by atoms with Gasteiger partial charge in [0.1, 0.15) is 5.75 Å². The van der Waals surface area contributed by atoms with Gasteiger partial charge in [0.2, 0.25) is 0 Å². The van der Waals surface area contributed by atoms with Crippen LogP contribution in [0.4, 0.5) is 0 Å². The first-order chi connectivity index (χ1) is 9.73. The molecule has 0 bridgehead atoms. The fourth-order valence-corrected chi connectivity index (χ4v) is 3.58. The van der Waals surface area contributed by atoms with E-state index in [1.807, 2.05) is 12.1 Å². The van der Waals surface area contributed by atoms with E-state index in [1.54, 1.807) is 12.1 Å². The number of phenols is 1. The van der Waals surface area contributed by atoms with Gasteiger partial charge < -0.3 is 15.2 Å². The van der Waals surface area contributed by atoms with Crippen LogP contribution in [0.3, 0.4) is 0 Å². The van der Waals surface area contributed by atoms with Crippen molar-refractivity contribution in [3.8, 4) is 5.75 Å². The van der Waals surface area contributed by atoms with Crippen LogP contribution in [0.15, 0.2) is 24.3 Å². The highest BCUT2D eigenvalue weighted by molar-refractivity contribution is 5.27. The lowest BCUT2D eigenvalue weighted by Gasteiger charge is -2.35. The van der Waals surface area contributed by atoms with E-state index in [0.29, 0.717) is 11.9 Å². The molecule has 1 heterocycles. The molecular weight excluding hydrogens is 250 g/mol. The molecule has 110 valence electrons. The Hall–Kier alpha value is -1.06. The normalized spacial score (nSPS) is 29.8. The Balaban J connectivity index is 1.79. The smallest absolute Gasteiger partial charge is 0.115 e. The van der Waals surface area contributed by atoms with E-state index in [2.05, 4.69) is 12.2 Å². The topological polar surface area (TPSA) is 41.5 Å². The highest BCUT2D eigenvalue weighted by Crippen LogP contribution is 2.49. The van der Waals surface area contributed by atoms with Gasteiger partial charge in [-0.3, -0.25) is 0 Å². The average Bonchev–Trinajstić information content (AvgIpc) is 3.21. The summed E-state index contributed by atoms with van der Waals surface area (Å²) in [7, 11) is 0. The van der Waals surface area contributed by atoms with Crippen LogP contribution >= 0.6 is 0 Å². The summed E-state index contributed by atoms with van der Waals surface area (Å²) in [6, 6.07) is 7.67. The van der Waals surface area contributed by atoms with E-state index in [-0.39, 0.29) is 5.41 Å². The van der Waals surface area contributed by atoms with Crippen molar-refractivity contribution < 1.29 is 9.84 Å². The van der Waals surface area contributed by atoms with Gasteiger partial charge in [0.15, 0.2) is 0 Å². The summed E-state index contributed by atoms with van der Waals surface area (Å²) in [5.74, 6) is 1.11. The molecule has 0 aromatic heterocycles. The van der Waals surface area contributed by atoms with Crippen molar-refractivity contribution >= 4 is 0 Å². The summed E-state index contributed by atoms with van der Waals surface area (Å²) in [5, 5.41) is 13.0. The summed E-state index contributed by atoms with van der Waals surface area (Å²) in [6.07, 6.45) is 5.25. The molecule has 1 saturated carbocycles. The van der Waals surface area contributed by atoms with Crippen LogP contribution in [0.25, 0.3) is 0 Å². The van der Waals surface area contributed by atoms with Gasteiger partial charge in [-0.25, -0.2) is 0 Å². The van der Waals surface area contributed by atoms with Crippen molar-refractivity contribution in [2.75, 3.05) is 19.7 Å². The zero-order valence-corrected chi connectivity index (χ0v) is 12.3. The first-order valence-electron chi connectivity index (χ1n) is 7.84. The van der Waals surface area contributed by atoms with Gasteiger partial charge >= 0.3 is 0 Å². The maximum Gasteiger partial charge on any atom is 0.115 e. The van der Waals surface area contributed by atoms with E-state index in [0.717, 1.165) is 38.5 Å². The number of rotatable bonds is 6. The minimum absolute atomic E-state index is 0.230. The molecule has 0 amide bonds. The van der Waals surface area contributed by atoms with E-state index >= 15 is 0 Å². The van der Waals surface area contributed by atoms with Crippen LogP contribution in [-0.4, -0.2) is 30.9 Å². The Labute approximate surface area is 121 Å². The van der Waals surface area contributed by atoms with E-state index in [4.69, 9.17) is 4.74 Å². The highest BCUT2D eigenvalue weighted by Gasteiger charge is 2.50. The minimum Gasteiger partial charge on any atom is -0.508 e. The second-order valence-electron chi connectivity index (χ2n) is 6.36. The van der Waals surface area contributed by atoms with Crippen LogP contribution in [0.2, 0.25) is 0 Å². The van der Waals surface area contributed by atoms with Crippen LogP contribution in [-0.2, 0) is 11.2 Å². The molecule has 2 fully saturated rings. The monoisotopic (exact) mass is 275 g/mol. The second kappa shape index (κ2) is 5.74. The molecule has 3 nitrogen and oxygen atoms in total. The molecule has 1 aliphatic heterocycles. The Kier molecular flexibility index (Phi) is 3.99. The maximum absolute atomic E-state index is 9.44. The number of aromatic hydroxyl groups is 1. The molecular formula is C17H25NO2. The van der Waals surface area contributed by atoms with E-state index in [9.17, 15) is 5.11 Å². The average molecular weight is 275 g/mol. The van der Waals surface area contributed by atoms with Crippen LogP contribution < -0.4 is 5.32 Å². The Bertz CT molecular complexity index is 441. The van der Waals surface area contributed by atoms with Gasteiger partial charge in [-0.1, -0.05) is 19.1 Å². The predicted molar refractivity (Wildman–Crippen MR) is 79.9 cm³/mol. The van der Waals surface area contributed by atoms with Gasteiger partial charge in [0.05, 0.1) is 6.10 Å². The molecule has 2 atom stereocenters. The van der Waals surface area contributed by atoms with Gasteiger partial charge in [-0.2, -0.15) is 0 Å². The Morgan fingerprint density at radius 1 is 1.30 bits per heavy atom. The quantitative estimate of drug-likeness (QED) is 0.839. The molecule has 2 N–H and O–H groups in total. The maximum atomic E-state index is 9.44. The molecule has 3 rings (SSSR count). The lowest BCUT2D eigenvalue weighted by Crippen LogP contribution is -2.43. The molecule has 0 radical (unpaired) electrons. The van der Waals surface area contributed by atoms with Gasteiger partial charge in [-0.05, 0) is 55.8 Å². The molecule has 0 spiro atoms. The zero-order chi connectivity index (χ0) is 14.0. The van der Waals surface area contributed by atoms with E-state index in [1.165, 1.54) is 18.4 Å². The first-order valence-corrected chi connectivity index (χ1v) is 7.84. The molecule has 2 aliphatic rings. The molecule has 2 unspecified atom stereocenters. The third-order valence-electron chi connectivity index (χ3n) is 4.77. The number of benzene rings is 1. The van der Waals surface area contributed by atoms with Crippen LogP contribution in [0.5, 0.6) is 5.75 Å². The molecule has 1 saturated heterocycles. The summed E-state index contributed by atoms with van der Waals surface area (Å²) in [4.78, 5) is 0. The number of ether oxygens (including phenoxy) is 1. The second-order valence-corrected chi connectivity index (χ2v) is 6.36. The number of phenolic OH excluding ortho intramolecular Hbond substituents is 1. The molecule has 1 aromatic rings. The zero-order valence-electron chi connectivity index (χ0n) is 12.3. The minimum atomic E-state index is 0.230. The Morgan fingerprint density at radius 3 is 2.70 bits per heavy atom. The number of nitrogens with one attached hydrogen (secondary N) is 1. The largest absolute Gasteiger partial charge is 0.508 e. The summed E-state index contributed by atoms with van der Waals surface area (Å²) >= 11 is 0. The molecule has 1 aromatic carbocycles. The van der Waals surface area contributed by atoms with E-state index < -0.39 is 0 Å². The third-order valence-corrected chi connectivity index (χ3v) is 4.77.